The molecule has 0 spiro atoms. The highest BCUT2D eigenvalue weighted by Crippen LogP contribution is 2.40. The third-order valence-electron chi connectivity index (χ3n) is 9.45. The van der Waals surface area contributed by atoms with Crippen molar-refractivity contribution in [3.05, 3.63) is 144 Å². The SMILES string of the molecule is Nc1ccccc1NC(=O)CCCCCCC(=O)NCc1ccccc1-c1ccc([C@@H]2O[C@H](CSc3ccccn3)C[C@H](c3ccc(CO)cc3)O2)cc1. The summed E-state index contributed by atoms with van der Waals surface area (Å²) in [5.41, 5.74) is 13.1. The molecule has 2 amide bonds. The maximum Gasteiger partial charge on any atom is 0.224 e. The van der Waals surface area contributed by atoms with Crippen molar-refractivity contribution in [2.24, 2.45) is 0 Å². The number of unbranched alkanes of at least 4 members (excludes halogenated alkanes) is 3. The van der Waals surface area contributed by atoms with Gasteiger partial charge in [-0.2, -0.15) is 0 Å². The van der Waals surface area contributed by atoms with E-state index < -0.39 is 6.29 Å². The highest BCUT2D eigenvalue weighted by atomic mass is 32.2. The van der Waals surface area contributed by atoms with Gasteiger partial charge in [-0.25, -0.2) is 4.98 Å². The average molecular weight is 745 g/mol. The number of thioether (sulfide) groups is 1. The van der Waals surface area contributed by atoms with Crippen LogP contribution in [-0.2, 0) is 32.2 Å². The van der Waals surface area contributed by atoms with Gasteiger partial charge in [0.2, 0.25) is 11.8 Å². The van der Waals surface area contributed by atoms with Gasteiger partial charge >= 0.3 is 0 Å². The van der Waals surface area contributed by atoms with Crippen LogP contribution in [0.1, 0.15) is 79.6 Å². The minimum Gasteiger partial charge on any atom is -0.397 e. The Hall–Kier alpha value is -5.00. The standard InChI is InChI=1S/C44H48N4O5S/c45-38-13-7-8-14-39(38)48-42(51)16-4-2-1-3-15-41(50)47-28-35-11-5-6-12-37(35)32-22-24-34(25-23-32)44-52-36(30-54-43-17-9-10-26-46-43)27-40(53-44)33-20-18-31(29-49)19-21-33/h5-14,17-26,36,40,44,49H,1-4,15-16,27-30,45H2,(H,47,50)(H,48,51)/t36-,40+,44+/m0/s1. The van der Waals surface area contributed by atoms with E-state index in [4.69, 9.17) is 15.2 Å². The predicted molar refractivity (Wildman–Crippen MR) is 214 cm³/mol. The lowest BCUT2D eigenvalue weighted by atomic mass is 9.97. The van der Waals surface area contributed by atoms with Gasteiger partial charge in [-0.3, -0.25) is 9.59 Å². The van der Waals surface area contributed by atoms with E-state index in [0.29, 0.717) is 37.2 Å². The molecule has 9 nitrogen and oxygen atoms in total. The number of hydrogen-bond donors (Lipinski definition) is 4. The molecule has 1 aliphatic heterocycles. The molecule has 4 aromatic carbocycles. The summed E-state index contributed by atoms with van der Waals surface area (Å²) in [4.78, 5) is 29.5. The number of rotatable bonds is 17. The van der Waals surface area contributed by atoms with Crippen molar-refractivity contribution in [1.82, 2.24) is 10.3 Å². The van der Waals surface area contributed by atoms with E-state index in [1.807, 2.05) is 72.8 Å². The zero-order chi connectivity index (χ0) is 37.5. The Morgan fingerprint density at radius 3 is 2.22 bits per heavy atom. The Morgan fingerprint density at radius 2 is 1.48 bits per heavy atom. The number of benzene rings is 4. The molecule has 1 fully saturated rings. The second kappa shape index (κ2) is 19.9. The number of aromatic nitrogens is 1. The van der Waals surface area contributed by atoms with Crippen molar-refractivity contribution in [3.8, 4) is 11.1 Å². The van der Waals surface area contributed by atoms with Gasteiger partial charge in [0.1, 0.15) is 0 Å². The van der Waals surface area contributed by atoms with Gasteiger partial charge in [-0.05, 0) is 64.9 Å². The molecule has 1 saturated heterocycles. The number of hydrogen-bond acceptors (Lipinski definition) is 8. The number of nitrogen functional groups attached to an aromatic ring is 1. The second-order valence-corrected chi connectivity index (χ2v) is 14.5. The lowest BCUT2D eigenvalue weighted by molar-refractivity contribution is -0.245. The fourth-order valence-electron chi connectivity index (χ4n) is 6.44. The summed E-state index contributed by atoms with van der Waals surface area (Å²) in [6.07, 6.45) is 5.88. The molecule has 0 saturated carbocycles. The van der Waals surface area contributed by atoms with Crippen molar-refractivity contribution in [2.75, 3.05) is 16.8 Å². The fourth-order valence-corrected chi connectivity index (χ4v) is 7.32. The third-order valence-corrected chi connectivity index (χ3v) is 10.5. The first kappa shape index (κ1) is 38.7. The van der Waals surface area contributed by atoms with Crippen LogP contribution < -0.4 is 16.4 Å². The lowest BCUT2D eigenvalue weighted by Crippen LogP contribution is -2.31. The first-order valence-electron chi connectivity index (χ1n) is 18.6. The van der Waals surface area contributed by atoms with Crippen LogP contribution in [0.15, 0.2) is 126 Å². The highest BCUT2D eigenvalue weighted by Gasteiger charge is 2.32. The summed E-state index contributed by atoms with van der Waals surface area (Å²) in [5, 5.41) is 16.4. The molecule has 0 radical (unpaired) electrons. The monoisotopic (exact) mass is 744 g/mol. The number of carbonyl (C=O) groups excluding carboxylic acids is 2. The molecule has 280 valence electrons. The summed E-state index contributed by atoms with van der Waals surface area (Å²) in [5.74, 6) is 0.703. The Bertz CT molecular complexity index is 1940. The Balaban J connectivity index is 1.00. The van der Waals surface area contributed by atoms with E-state index in [9.17, 15) is 14.7 Å². The van der Waals surface area contributed by atoms with E-state index in [1.54, 1.807) is 30.1 Å². The molecule has 2 heterocycles. The number of amides is 2. The minimum absolute atomic E-state index is 0.000314. The topological polar surface area (TPSA) is 136 Å². The molecule has 0 bridgehead atoms. The van der Waals surface area contributed by atoms with Crippen molar-refractivity contribution in [1.29, 1.82) is 0 Å². The van der Waals surface area contributed by atoms with Crippen LogP contribution in [0.25, 0.3) is 11.1 Å². The van der Waals surface area contributed by atoms with Gasteiger partial charge in [0.15, 0.2) is 6.29 Å². The molecular formula is C44H48N4O5S. The molecule has 1 aromatic heterocycles. The quantitative estimate of drug-likeness (QED) is 0.0422. The number of pyridine rings is 1. The van der Waals surface area contributed by atoms with Crippen molar-refractivity contribution in [3.63, 3.8) is 0 Å². The van der Waals surface area contributed by atoms with Gasteiger partial charge in [-0.15, -0.1) is 11.8 Å². The predicted octanol–water partition coefficient (Wildman–Crippen LogP) is 8.76. The summed E-state index contributed by atoms with van der Waals surface area (Å²) in [7, 11) is 0. The van der Waals surface area contributed by atoms with Crippen molar-refractivity contribution in [2.45, 2.75) is 81.6 Å². The first-order valence-corrected chi connectivity index (χ1v) is 19.6. The van der Waals surface area contributed by atoms with E-state index in [0.717, 1.165) is 69.8 Å². The smallest absolute Gasteiger partial charge is 0.224 e. The maximum atomic E-state index is 12.7. The summed E-state index contributed by atoms with van der Waals surface area (Å²) in [6.45, 7) is 0.431. The van der Waals surface area contributed by atoms with Gasteiger partial charge in [0.05, 0.1) is 35.2 Å². The van der Waals surface area contributed by atoms with Crippen LogP contribution in [0.2, 0.25) is 0 Å². The molecule has 1 aliphatic rings. The van der Waals surface area contributed by atoms with Gasteiger partial charge in [-0.1, -0.05) is 104 Å². The molecule has 0 aliphatic carbocycles. The largest absolute Gasteiger partial charge is 0.397 e. The van der Waals surface area contributed by atoms with Crippen LogP contribution in [0.5, 0.6) is 0 Å². The van der Waals surface area contributed by atoms with Gasteiger partial charge in [0.25, 0.3) is 0 Å². The number of anilines is 2. The molecule has 5 N–H and O–H groups in total. The van der Waals surface area contributed by atoms with Crippen LogP contribution in [-0.4, -0.2) is 33.8 Å². The summed E-state index contributed by atoms with van der Waals surface area (Å²) >= 11 is 1.67. The molecule has 6 rings (SSSR count). The molecule has 54 heavy (non-hydrogen) atoms. The van der Waals surface area contributed by atoms with Crippen molar-refractivity contribution < 1.29 is 24.2 Å². The maximum absolute atomic E-state index is 12.7. The number of aliphatic hydroxyl groups excluding tert-OH is 1. The van der Waals surface area contributed by atoms with E-state index in [1.165, 1.54) is 0 Å². The zero-order valence-electron chi connectivity index (χ0n) is 30.4. The lowest BCUT2D eigenvalue weighted by Gasteiger charge is -2.36. The summed E-state index contributed by atoms with van der Waals surface area (Å²) < 4.78 is 13.1. The van der Waals surface area contributed by atoms with Gasteiger partial charge in [0, 0.05) is 43.3 Å². The van der Waals surface area contributed by atoms with E-state index >= 15 is 0 Å². The third kappa shape index (κ3) is 11.3. The fraction of sp³-hybridized carbons (Fsp3) is 0.295. The number of para-hydroxylation sites is 2. The van der Waals surface area contributed by atoms with Crippen LogP contribution >= 0.6 is 11.8 Å². The highest BCUT2D eigenvalue weighted by molar-refractivity contribution is 7.99. The van der Waals surface area contributed by atoms with Gasteiger partial charge < -0.3 is 30.9 Å². The number of nitrogens with one attached hydrogen (secondary N) is 2. The van der Waals surface area contributed by atoms with E-state index in [-0.39, 0.29) is 30.6 Å². The number of aliphatic hydroxyl groups is 1. The molecule has 3 atom stereocenters. The second-order valence-electron chi connectivity index (χ2n) is 13.4. The number of carbonyl (C=O) groups is 2. The molecule has 5 aromatic rings. The average Bonchev–Trinajstić information content (AvgIpc) is 3.22. The zero-order valence-corrected chi connectivity index (χ0v) is 31.2. The van der Waals surface area contributed by atoms with E-state index in [2.05, 4.69) is 45.9 Å². The van der Waals surface area contributed by atoms with Crippen LogP contribution in [0, 0.1) is 0 Å². The number of nitrogens with zero attached hydrogens (tertiary/aromatic N) is 1. The minimum atomic E-state index is -0.551. The molecule has 0 unspecified atom stereocenters. The number of ether oxygens (including phenoxy) is 2. The van der Waals surface area contributed by atoms with Crippen LogP contribution in [0.4, 0.5) is 11.4 Å². The summed E-state index contributed by atoms with van der Waals surface area (Å²) in [6, 6.07) is 37.4. The number of nitrogens with two attached hydrogens (primary N) is 1. The Labute approximate surface area is 321 Å². The first-order chi connectivity index (χ1) is 26.4. The molecular weight excluding hydrogens is 697 g/mol. The normalized spacial score (nSPS) is 16.8. The Kier molecular flexibility index (Phi) is 14.3. The van der Waals surface area contributed by atoms with Crippen LogP contribution in [0.3, 0.4) is 0 Å². The van der Waals surface area contributed by atoms with Crippen molar-refractivity contribution >= 4 is 35.0 Å². The Morgan fingerprint density at radius 1 is 0.778 bits per heavy atom. The molecule has 10 heteroatoms.